The lowest BCUT2D eigenvalue weighted by Gasteiger charge is -2.05. The first kappa shape index (κ1) is 17.9. The second-order valence-corrected chi connectivity index (χ2v) is 7.23. The van der Waals surface area contributed by atoms with Crippen LogP contribution in [0.15, 0.2) is 47.8 Å². The Labute approximate surface area is 164 Å². The van der Waals surface area contributed by atoms with Gasteiger partial charge in [0.1, 0.15) is 0 Å². The Morgan fingerprint density at radius 1 is 1.18 bits per heavy atom. The molecule has 0 atom stereocenters. The van der Waals surface area contributed by atoms with E-state index >= 15 is 0 Å². The Balaban J connectivity index is 1.64. The summed E-state index contributed by atoms with van der Waals surface area (Å²) < 4.78 is 0. The fourth-order valence-corrected chi connectivity index (χ4v) is 3.98. The molecule has 8 heteroatoms. The predicted molar refractivity (Wildman–Crippen MR) is 110 cm³/mol. The molecule has 4 aromatic rings. The summed E-state index contributed by atoms with van der Waals surface area (Å²) in [7, 11) is 0. The minimum Gasteiger partial charge on any atom is -0.358 e. The number of para-hydroxylation sites is 1. The maximum absolute atomic E-state index is 12.6. The first-order valence-corrected chi connectivity index (χ1v) is 9.42. The van der Waals surface area contributed by atoms with E-state index in [-0.39, 0.29) is 11.3 Å². The largest absolute Gasteiger partial charge is 0.358 e. The zero-order valence-corrected chi connectivity index (χ0v) is 16.0. The van der Waals surface area contributed by atoms with Crippen LogP contribution in [0.4, 0.5) is 10.8 Å². The van der Waals surface area contributed by atoms with E-state index < -0.39 is 10.8 Å². The zero-order chi connectivity index (χ0) is 19.8. The van der Waals surface area contributed by atoms with Gasteiger partial charge in [-0.15, -0.1) is 11.3 Å². The number of hydrogen-bond acceptors (Lipinski definition) is 5. The Morgan fingerprint density at radius 3 is 2.75 bits per heavy atom. The van der Waals surface area contributed by atoms with Crippen LogP contribution in [0.1, 0.15) is 21.6 Å². The van der Waals surface area contributed by atoms with E-state index in [9.17, 15) is 14.9 Å². The van der Waals surface area contributed by atoms with Crippen molar-refractivity contribution in [3.8, 4) is 11.3 Å². The highest BCUT2D eigenvalue weighted by Crippen LogP contribution is 2.34. The Kier molecular flexibility index (Phi) is 4.40. The zero-order valence-electron chi connectivity index (χ0n) is 15.1. The number of anilines is 1. The van der Waals surface area contributed by atoms with Gasteiger partial charge in [0.05, 0.1) is 10.6 Å². The fourth-order valence-electron chi connectivity index (χ4n) is 3.28. The molecular weight excluding hydrogens is 376 g/mol. The van der Waals surface area contributed by atoms with Gasteiger partial charge in [-0.3, -0.25) is 20.2 Å². The van der Waals surface area contributed by atoms with E-state index in [4.69, 9.17) is 0 Å². The fraction of sp³-hybridized carbons (Fsp3) is 0.100. The van der Waals surface area contributed by atoms with Crippen molar-refractivity contribution in [2.75, 3.05) is 5.32 Å². The molecule has 0 bridgehead atoms. The van der Waals surface area contributed by atoms with Gasteiger partial charge in [-0.2, -0.15) is 0 Å². The third-order valence-corrected chi connectivity index (χ3v) is 5.38. The third-order valence-electron chi connectivity index (χ3n) is 4.62. The number of carbonyl (C=O) groups is 1. The highest BCUT2D eigenvalue weighted by atomic mass is 32.1. The van der Waals surface area contributed by atoms with Gasteiger partial charge in [0.15, 0.2) is 5.13 Å². The summed E-state index contributed by atoms with van der Waals surface area (Å²) in [6.45, 7) is 3.55. The summed E-state index contributed by atoms with van der Waals surface area (Å²) in [6, 6.07) is 12.4. The number of aryl methyl sites for hydroxylation is 1. The number of thiazole rings is 1. The van der Waals surface area contributed by atoms with Crippen molar-refractivity contribution in [3.63, 3.8) is 0 Å². The smallest absolute Gasteiger partial charge is 0.273 e. The second-order valence-electron chi connectivity index (χ2n) is 6.37. The molecule has 28 heavy (non-hydrogen) atoms. The monoisotopic (exact) mass is 392 g/mol. The van der Waals surface area contributed by atoms with Crippen LogP contribution < -0.4 is 5.32 Å². The molecule has 0 aliphatic carbocycles. The Morgan fingerprint density at radius 2 is 1.96 bits per heavy atom. The lowest BCUT2D eigenvalue weighted by Crippen LogP contribution is -2.14. The number of carbonyl (C=O) groups excluding carboxylic acids is 1. The standard InChI is InChI=1S/C20H16N4O3S/c1-11-13(7-5-9-17(11)24(26)27)19(25)23-20-22-16(10-28-20)18-12(2)21-15-8-4-3-6-14(15)18/h3-10,21H,1-2H3,(H,22,23,25). The molecular formula is C20H16N4O3S. The number of nitrogens with zero attached hydrogens (tertiary/aromatic N) is 2. The molecule has 2 N–H and O–H groups in total. The van der Waals surface area contributed by atoms with E-state index in [1.54, 1.807) is 13.0 Å². The van der Waals surface area contributed by atoms with Gasteiger partial charge >= 0.3 is 0 Å². The van der Waals surface area contributed by atoms with Crippen LogP contribution in [0.2, 0.25) is 0 Å². The number of aromatic nitrogens is 2. The number of nitrogens with one attached hydrogen (secondary N) is 2. The molecule has 0 spiro atoms. The van der Waals surface area contributed by atoms with Gasteiger partial charge in [-0.25, -0.2) is 4.98 Å². The van der Waals surface area contributed by atoms with Crippen LogP contribution in [0.5, 0.6) is 0 Å². The maximum atomic E-state index is 12.6. The number of amides is 1. The molecule has 0 saturated heterocycles. The molecule has 0 saturated carbocycles. The van der Waals surface area contributed by atoms with Crippen LogP contribution in [-0.4, -0.2) is 20.8 Å². The summed E-state index contributed by atoms with van der Waals surface area (Å²) in [4.78, 5) is 31.1. The van der Waals surface area contributed by atoms with Crippen molar-refractivity contribution in [2.24, 2.45) is 0 Å². The van der Waals surface area contributed by atoms with Crippen molar-refractivity contribution in [1.29, 1.82) is 0 Å². The second kappa shape index (κ2) is 6.90. The molecule has 1 amide bonds. The molecule has 0 aliphatic heterocycles. The summed E-state index contributed by atoms with van der Waals surface area (Å²) in [5.74, 6) is -0.419. The molecule has 0 aliphatic rings. The molecule has 0 radical (unpaired) electrons. The van der Waals surface area contributed by atoms with Crippen molar-refractivity contribution in [1.82, 2.24) is 9.97 Å². The predicted octanol–water partition coefficient (Wildman–Crippen LogP) is 5.07. The van der Waals surface area contributed by atoms with Gasteiger partial charge < -0.3 is 4.98 Å². The van der Waals surface area contributed by atoms with Crippen LogP contribution >= 0.6 is 11.3 Å². The number of H-pyrrole nitrogens is 1. The van der Waals surface area contributed by atoms with Crippen LogP contribution in [0.25, 0.3) is 22.2 Å². The van der Waals surface area contributed by atoms with Crippen molar-refractivity contribution >= 4 is 39.0 Å². The summed E-state index contributed by atoms with van der Waals surface area (Å²) in [6.07, 6.45) is 0. The van der Waals surface area contributed by atoms with E-state index in [2.05, 4.69) is 15.3 Å². The SMILES string of the molecule is Cc1[nH]c2ccccc2c1-c1csc(NC(=O)c2cccc([N+](=O)[O-])c2C)n1. The van der Waals surface area contributed by atoms with Crippen molar-refractivity contribution in [3.05, 3.63) is 74.8 Å². The van der Waals surface area contributed by atoms with Crippen LogP contribution in [0.3, 0.4) is 0 Å². The molecule has 2 aromatic carbocycles. The van der Waals surface area contributed by atoms with Gasteiger partial charge in [0, 0.05) is 44.7 Å². The van der Waals surface area contributed by atoms with Crippen LogP contribution in [-0.2, 0) is 0 Å². The maximum Gasteiger partial charge on any atom is 0.273 e. The minimum atomic E-state index is -0.493. The van der Waals surface area contributed by atoms with Crippen LogP contribution in [0, 0.1) is 24.0 Å². The molecule has 2 aromatic heterocycles. The van der Waals surface area contributed by atoms with Gasteiger partial charge in [0.2, 0.25) is 0 Å². The number of rotatable bonds is 4. The van der Waals surface area contributed by atoms with E-state index in [0.717, 1.165) is 27.9 Å². The number of fused-ring (bicyclic) bond motifs is 1. The molecule has 140 valence electrons. The van der Waals surface area contributed by atoms with E-state index in [1.165, 1.54) is 23.5 Å². The van der Waals surface area contributed by atoms with E-state index in [0.29, 0.717) is 10.7 Å². The molecule has 2 heterocycles. The molecule has 0 fully saturated rings. The summed E-state index contributed by atoms with van der Waals surface area (Å²) >= 11 is 1.31. The lowest BCUT2D eigenvalue weighted by atomic mass is 10.1. The first-order chi connectivity index (χ1) is 13.5. The van der Waals surface area contributed by atoms with Gasteiger partial charge in [-0.05, 0) is 26.0 Å². The highest BCUT2D eigenvalue weighted by Gasteiger charge is 2.19. The Bertz CT molecular complexity index is 1230. The number of aromatic amines is 1. The molecule has 4 rings (SSSR count). The van der Waals surface area contributed by atoms with E-state index in [1.807, 2.05) is 36.6 Å². The number of benzene rings is 2. The first-order valence-electron chi connectivity index (χ1n) is 8.54. The minimum absolute atomic E-state index is 0.0816. The average Bonchev–Trinajstić information content (AvgIpc) is 3.24. The average molecular weight is 392 g/mol. The summed E-state index contributed by atoms with van der Waals surface area (Å²) in [5.41, 5.74) is 4.30. The number of hydrogen-bond donors (Lipinski definition) is 2. The topological polar surface area (TPSA) is 101 Å². The Hall–Kier alpha value is -3.52. The van der Waals surface area contributed by atoms with Crippen molar-refractivity contribution < 1.29 is 9.72 Å². The normalized spacial score (nSPS) is 10.9. The van der Waals surface area contributed by atoms with Gasteiger partial charge in [0.25, 0.3) is 11.6 Å². The van der Waals surface area contributed by atoms with Crippen molar-refractivity contribution in [2.45, 2.75) is 13.8 Å². The molecule has 0 unspecified atom stereocenters. The quantitative estimate of drug-likeness (QED) is 0.374. The molecule has 7 nitrogen and oxygen atoms in total. The third kappa shape index (κ3) is 3.03. The summed E-state index contributed by atoms with van der Waals surface area (Å²) in [5, 5.41) is 17.2. The van der Waals surface area contributed by atoms with Gasteiger partial charge in [-0.1, -0.05) is 24.3 Å². The number of nitro groups is 1. The number of nitro benzene ring substituents is 1. The lowest BCUT2D eigenvalue weighted by molar-refractivity contribution is -0.385. The highest BCUT2D eigenvalue weighted by molar-refractivity contribution is 7.14.